The Hall–Kier alpha value is -4.13. The van der Waals surface area contributed by atoms with Crippen LogP contribution in [-0.4, -0.2) is 33.5 Å². The number of benzene rings is 3. The minimum absolute atomic E-state index is 0.00319. The first kappa shape index (κ1) is 21.7. The molecule has 0 saturated carbocycles. The predicted molar refractivity (Wildman–Crippen MR) is 135 cm³/mol. The van der Waals surface area contributed by atoms with Crippen molar-refractivity contribution in [3.8, 4) is 16.8 Å². The quantitative estimate of drug-likeness (QED) is 0.453. The maximum Gasteiger partial charge on any atom is 0.350 e. The largest absolute Gasteiger partial charge is 0.350 e. The van der Waals surface area contributed by atoms with Crippen molar-refractivity contribution in [2.45, 2.75) is 20.8 Å². The van der Waals surface area contributed by atoms with E-state index in [1.807, 2.05) is 65.3 Å². The van der Waals surface area contributed by atoms with Crippen LogP contribution >= 0.6 is 0 Å². The molecule has 1 fully saturated rings. The van der Waals surface area contributed by atoms with Gasteiger partial charge in [0.05, 0.1) is 5.69 Å². The van der Waals surface area contributed by atoms with Gasteiger partial charge in [-0.3, -0.25) is 9.80 Å². The van der Waals surface area contributed by atoms with Crippen molar-refractivity contribution in [2.24, 2.45) is 7.05 Å². The molecule has 3 aromatic carbocycles. The van der Waals surface area contributed by atoms with Crippen molar-refractivity contribution < 1.29 is 4.79 Å². The van der Waals surface area contributed by atoms with E-state index < -0.39 is 0 Å². The second-order valence-electron chi connectivity index (χ2n) is 8.82. The van der Waals surface area contributed by atoms with Crippen LogP contribution in [0.1, 0.15) is 16.7 Å². The van der Waals surface area contributed by atoms with E-state index in [1.165, 1.54) is 15.6 Å². The van der Waals surface area contributed by atoms with Crippen LogP contribution in [-0.2, 0) is 7.05 Å². The molecule has 4 aromatic rings. The van der Waals surface area contributed by atoms with Gasteiger partial charge in [-0.15, -0.1) is 0 Å². The Morgan fingerprint density at radius 3 is 2.21 bits per heavy atom. The van der Waals surface area contributed by atoms with Gasteiger partial charge >= 0.3 is 11.7 Å². The average molecular weight is 454 g/mol. The summed E-state index contributed by atoms with van der Waals surface area (Å²) in [5.41, 5.74) is 7.85. The van der Waals surface area contributed by atoms with E-state index in [-0.39, 0.29) is 11.7 Å². The molecule has 0 aliphatic carbocycles. The lowest BCUT2D eigenvalue weighted by Gasteiger charge is -2.22. The van der Waals surface area contributed by atoms with Crippen molar-refractivity contribution >= 4 is 17.4 Å². The summed E-state index contributed by atoms with van der Waals surface area (Å²) in [7, 11) is 1.63. The Bertz CT molecular complexity index is 1450. The van der Waals surface area contributed by atoms with Crippen LogP contribution < -0.4 is 15.5 Å². The number of carbonyl (C=O) groups excluding carboxylic acids is 1. The third-order valence-corrected chi connectivity index (χ3v) is 6.56. The summed E-state index contributed by atoms with van der Waals surface area (Å²) in [5, 5.41) is 4.02. The molecule has 2 amide bonds. The minimum Gasteiger partial charge on any atom is -0.292 e. The van der Waals surface area contributed by atoms with E-state index >= 15 is 0 Å². The van der Waals surface area contributed by atoms with Crippen LogP contribution in [0.25, 0.3) is 16.8 Å². The van der Waals surface area contributed by atoms with Gasteiger partial charge in [0.15, 0.2) is 0 Å². The van der Waals surface area contributed by atoms with Crippen LogP contribution in [0, 0.1) is 20.8 Å². The van der Waals surface area contributed by atoms with Crippen LogP contribution in [0.3, 0.4) is 0 Å². The van der Waals surface area contributed by atoms with Gasteiger partial charge in [0.25, 0.3) is 0 Å². The van der Waals surface area contributed by atoms with Gasteiger partial charge < -0.3 is 0 Å². The molecule has 0 atom stereocenters. The summed E-state index contributed by atoms with van der Waals surface area (Å²) in [6.07, 6.45) is 1.52. The normalized spacial score (nSPS) is 13.7. The standard InChI is InChI=1S/C27H27N5O2/c1-18-6-5-7-24(14-18)30-12-13-31(27(30)34)25-16-22(15-19(2)20(25)3)21-8-10-23(11-9-21)32-17-28-29(4)26(32)33/h5-11,14-17H,12-13H2,1-4H3. The molecule has 34 heavy (non-hydrogen) atoms. The van der Waals surface area contributed by atoms with Gasteiger partial charge in [-0.25, -0.2) is 18.8 Å². The fourth-order valence-corrected chi connectivity index (χ4v) is 4.46. The zero-order valence-electron chi connectivity index (χ0n) is 19.8. The van der Waals surface area contributed by atoms with Crippen LogP contribution in [0.5, 0.6) is 0 Å². The zero-order chi connectivity index (χ0) is 24.0. The van der Waals surface area contributed by atoms with Crippen molar-refractivity contribution in [2.75, 3.05) is 22.9 Å². The monoisotopic (exact) mass is 453 g/mol. The summed E-state index contributed by atoms with van der Waals surface area (Å²) in [4.78, 5) is 29.3. The topological polar surface area (TPSA) is 63.4 Å². The highest BCUT2D eigenvalue weighted by Gasteiger charge is 2.32. The number of nitrogens with zero attached hydrogens (tertiary/aromatic N) is 5. The molecule has 0 N–H and O–H groups in total. The lowest BCUT2D eigenvalue weighted by atomic mass is 9.98. The highest BCUT2D eigenvalue weighted by molar-refractivity contribution is 6.07. The SMILES string of the molecule is Cc1cccc(N2CCN(c3cc(-c4ccc(-n5cnn(C)c5=O)cc4)cc(C)c3C)C2=O)c1. The maximum absolute atomic E-state index is 13.4. The molecular weight excluding hydrogens is 426 g/mol. The van der Waals surface area contributed by atoms with E-state index in [9.17, 15) is 9.59 Å². The van der Waals surface area contributed by atoms with Crippen molar-refractivity contribution in [3.63, 3.8) is 0 Å². The number of rotatable bonds is 4. The summed E-state index contributed by atoms with van der Waals surface area (Å²) < 4.78 is 2.81. The summed E-state index contributed by atoms with van der Waals surface area (Å²) >= 11 is 0. The molecule has 2 heterocycles. The highest BCUT2D eigenvalue weighted by Crippen LogP contribution is 2.34. The molecule has 0 radical (unpaired) electrons. The summed E-state index contributed by atoms with van der Waals surface area (Å²) in [5.74, 6) is 0. The van der Waals surface area contributed by atoms with Gasteiger partial charge in [0.2, 0.25) is 0 Å². The smallest absolute Gasteiger partial charge is 0.292 e. The number of hydrogen-bond acceptors (Lipinski definition) is 3. The Kier molecular flexibility index (Phi) is 5.32. The van der Waals surface area contributed by atoms with Crippen molar-refractivity contribution in [1.82, 2.24) is 14.3 Å². The second kappa shape index (κ2) is 8.33. The third kappa shape index (κ3) is 3.69. The van der Waals surface area contributed by atoms with E-state index in [2.05, 4.69) is 31.1 Å². The zero-order valence-corrected chi connectivity index (χ0v) is 19.8. The van der Waals surface area contributed by atoms with E-state index in [4.69, 9.17) is 0 Å². The molecule has 0 spiro atoms. The lowest BCUT2D eigenvalue weighted by Crippen LogP contribution is -2.32. The second-order valence-corrected chi connectivity index (χ2v) is 8.82. The number of urea groups is 1. The van der Waals surface area contributed by atoms with Gasteiger partial charge in [0.1, 0.15) is 6.33 Å². The van der Waals surface area contributed by atoms with Crippen LogP contribution in [0.4, 0.5) is 16.2 Å². The van der Waals surface area contributed by atoms with Gasteiger partial charge in [-0.1, -0.05) is 30.3 Å². The first-order chi connectivity index (χ1) is 16.3. The Labute approximate surface area is 198 Å². The Balaban J connectivity index is 1.47. The van der Waals surface area contributed by atoms with E-state index in [0.717, 1.165) is 44.9 Å². The van der Waals surface area contributed by atoms with Gasteiger partial charge in [-0.2, -0.15) is 5.10 Å². The first-order valence-corrected chi connectivity index (χ1v) is 11.3. The number of amides is 2. The molecule has 0 bridgehead atoms. The predicted octanol–water partition coefficient (Wildman–Crippen LogP) is 4.61. The number of aromatic nitrogens is 3. The Morgan fingerprint density at radius 2 is 1.53 bits per heavy atom. The summed E-state index contributed by atoms with van der Waals surface area (Å²) in [6.45, 7) is 7.47. The molecule has 0 unspecified atom stereocenters. The third-order valence-electron chi connectivity index (χ3n) is 6.56. The van der Waals surface area contributed by atoms with E-state index in [0.29, 0.717) is 13.1 Å². The fraction of sp³-hybridized carbons (Fsp3) is 0.222. The molecule has 5 rings (SSSR count). The molecule has 7 nitrogen and oxygen atoms in total. The van der Waals surface area contributed by atoms with Crippen molar-refractivity contribution in [1.29, 1.82) is 0 Å². The molecular formula is C27H27N5O2. The summed E-state index contributed by atoms with van der Waals surface area (Å²) in [6, 6.07) is 20.1. The molecule has 1 aliphatic rings. The molecule has 172 valence electrons. The van der Waals surface area contributed by atoms with Crippen LogP contribution in [0.2, 0.25) is 0 Å². The number of carbonyl (C=O) groups is 1. The number of aryl methyl sites for hydroxylation is 3. The van der Waals surface area contributed by atoms with Gasteiger partial charge in [0, 0.05) is 31.5 Å². The Morgan fingerprint density at radius 1 is 0.794 bits per heavy atom. The van der Waals surface area contributed by atoms with E-state index in [1.54, 1.807) is 7.05 Å². The first-order valence-electron chi connectivity index (χ1n) is 11.3. The van der Waals surface area contributed by atoms with Crippen molar-refractivity contribution in [3.05, 3.63) is 94.2 Å². The van der Waals surface area contributed by atoms with Gasteiger partial charge in [-0.05, 0) is 78.9 Å². The lowest BCUT2D eigenvalue weighted by molar-refractivity contribution is 0.256. The number of hydrogen-bond donors (Lipinski definition) is 0. The minimum atomic E-state index is -0.188. The fourth-order valence-electron chi connectivity index (χ4n) is 4.46. The molecule has 1 aliphatic heterocycles. The molecule has 1 aromatic heterocycles. The number of anilines is 2. The van der Waals surface area contributed by atoms with Crippen LogP contribution in [0.15, 0.2) is 71.8 Å². The maximum atomic E-state index is 13.4. The highest BCUT2D eigenvalue weighted by atomic mass is 16.2. The molecule has 1 saturated heterocycles. The molecule has 7 heteroatoms. The average Bonchev–Trinajstić information content (AvgIpc) is 3.37.